The minimum Gasteiger partial charge on any atom is -0.476 e. The molecule has 5 aromatic rings. The second-order valence-corrected chi connectivity index (χ2v) is 14.6. The second kappa shape index (κ2) is 11.7. The number of nitrogens with zero attached hydrogens (tertiary/aromatic N) is 3. The van der Waals surface area contributed by atoms with E-state index >= 15 is 0 Å². The third kappa shape index (κ3) is 6.37. The molecule has 44 heavy (non-hydrogen) atoms. The molecule has 3 heterocycles. The molecule has 0 amide bonds. The summed E-state index contributed by atoms with van der Waals surface area (Å²) in [5.41, 5.74) is 5.34. The van der Waals surface area contributed by atoms with Gasteiger partial charge in [0.25, 0.3) is 0 Å². The third-order valence-corrected chi connectivity index (χ3v) is 10.1. The fourth-order valence-electron chi connectivity index (χ4n) is 5.05. The molecule has 1 aliphatic carbocycles. The molecule has 3 N–H and O–H groups in total. The van der Waals surface area contributed by atoms with E-state index in [4.69, 9.17) is 10.2 Å². The van der Waals surface area contributed by atoms with Crippen molar-refractivity contribution in [2.45, 2.75) is 44.4 Å². The van der Waals surface area contributed by atoms with Gasteiger partial charge in [0.2, 0.25) is 15.2 Å². The number of hydrogen-bond donors (Lipinski definition) is 2. The summed E-state index contributed by atoms with van der Waals surface area (Å²) < 4.78 is 40.2. The van der Waals surface area contributed by atoms with Gasteiger partial charge in [-0.05, 0) is 74.9 Å². The largest absolute Gasteiger partial charge is 0.476 e. The van der Waals surface area contributed by atoms with Gasteiger partial charge in [0.1, 0.15) is 10.7 Å². The van der Waals surface area contributed by atoms with Gasteiger partial charge in [0.05, 0.1) is 11.4 Å². The van der Waals surface area contributed by atoms with Crippen LogP contribution in [0.1, 0.15) is 61.0 Å². The predicted molar refractivity (Wildman–Crippen MR) is 168 cm³/mol. The van der Waals surface area contributed by atoms with Gasteiger partial charge < -0.3 is 5.11 Å². The van der Waals surface area contributed by atoms with Crippen LogP contribution in [0, 0.1) is 37.4 Å². The first-order valence-corrected chi connectivity index (χ1v) is 17.0. The van der Waals surface area contributed by atoms with Crippen molar-refractivity contribution < 1.29 is 22.7 Å². The van der Waals surface area contributed by atoms with E-state index in [9.17, 15) is 22.7 Å². The van der Waals surface area contributed by atoms with Gasteiger partial charge in [-0.2, -0.15) is 5.10 Å². The Morgan fingerprint density at radius 2 is 1.95 bits per heavy atom. The molecule has 1 fully saturated rings. The summed E-state index contributed by atoms with van der Waals surface area (Å²) in [5.74, 6) is 4.91. The number of hydrogen-bond acceptors (Lipinski definition) is 7. The monoisotopic (exact) mass is 646 g/mol. The van der Waals surface area contributed by atoms with E-state index in [0.29, 0.717) is 28.7 Å². The molecule has 0 radical (unpaired) electrons. The van der Waals surface area contributed by atoms with Gasteiger partial charge in [-0.15, -0.1) is 22.7 Å². The Hall–Kier alpha value is -4.15. The van der Waals surface area contributed by atoms with Crippen LogP contribution in [0.2, 0.25) is 0 Å². The summed E-state index contributed by atoms with van der Waals surface area (Å²) in [7, 11) is -4.22. The summed E-state index contributed by atoms with van der Waals surface area (Å²) >= 11 is 2.88. The molecule has 0 aliphatic heterocycles. The predicted octanol–water partition coefficient (Wildman–Crippen LogP) is 6.10. The molecule has 1 saturated carbocycles. The smallest absolute Gasteiger partial charge is 0.355 e. The number of aromatic carboxylic acids is 1. The highest BCUT2D eigenvalue weighted by atomic mass is 32.2. The highest BCUT2D eigenvalue weighted by molar-refractivity contribution is 7.89. The van der Waals surface area contributed by atoms with Crippen LogP contribution >= 0.6 is 22.7 Å². The van der Waals surface area contributed by atoms with Crippen molar-refractivity contribution in [3.8, 4) is 28.2 Å². The molecule has 2 aromatic carbocycles. The maximum Gasteiger partial charge on any atom is 0.355 e. The van der Waals surface area contributed by atoms with E-state index in [1.165, 1.54) is 33.7 Å². The van der Waals surface area contributed by atoms with Crippen molar-refractivity contribution in [2.24, 2.45) is 11.1 Å². The van der Waals surface area contributed by atoms with Crippen molar-refractivity contribution in [1.29, 1.82) is 0 Å². The number of halogens is 1. The quantitative estimate of drug-likeness (QED) is 0.196. The molecule has 0 bridgehead atoms. The minimum absolute atomic E-state index is 0.0714. The lowest BCUT2D eigenvalue weighted by atomic mass is 9.96. The van der Waals surface area contributed by atoms with E-state index in [0.717, 1.165) is 45.7 Å². The highest BCUT2D eigenvalue weighted by Gasteiger charge is 2.29. The molecule has 6 rings (SSSR count). The zero-order valence-electron chi connectivity index (χ0n) is 23.8. The Labute approximate surface area is 262 Å². The number of carbonyl (C=O) groups is 1. The number of benzene rings is 2. The molecular weight excluding hydrogens is 620 g/mol. The Bertz CT molecular complexity index is 2100. The number of carboxylic acid groups (broad SMARTS) is 1. The lowest BCUT2D eigenvalue weighted by Crippen LogP contribution is -2.14. The zero-order chi connectivity index (χ0) is 31.2. The molecule has 0 atom stereocenters. The summed E-state index contributed by atoms with van der Waals surface area (Å²) in [6.45, 7) is 4.10. The van der Waals surface area contributed by atoms with Gasteiger partial charge in [-0.25, -0.2) is 32.4 Å². The molecule has 12 heteroatoms. The van der Waals surface area contributed by atoms with Gasteiger partial charge in [0, 0.05) is 43.8 Å². The maximum absolute atomic E-state index is 14.9. The van der Waals surface area contributed by atoms with E-state index in [1.807, 2.05) is 31.2 Å². The lowest BCUT2D eigenvalue weighted by molar-refractivity contribution is 0.0691. The average molecular weight is 647 g/mol. The number of aryl methyl sites for hydroxylation is 2. The molecule has 3 aromatic heterocycles. The van der Waals surface area contributed by atoms with E-state index in [1.54, 1.807) is 22.1 Å². The molecule has 0 saturated heterocycles. The number of carboxylic acids is 1. The molecule has 224 valence electrons. The van der Waals surface area contributed by atoms with E-state index < -0.39 is 26.7 Å². The normalized spacial score (nSPS) is 13.1. The summed E-state index contributed by atoms with van der Waals surface area (Å²) in [6.07, 6.45) is 3.04. The average Bonchev–Trinajstić information content (AvgIpc) is 3.36. The Morgan fingerprint density at radius 1 is 1.16 bits per heavy atom. The first-order valence-electron chi connectivity index (χ1n) is 13.8. The van der Waals surface area contributed by atoms with Crippen LogP contribution in [0.3, 0.4) is 0 Å². The number of primary sulfonamides is 1. The summed E-state index contributed by atoms with van der Waals surface area (Å²) in [6, 6.07) is 13.7. The van der Waals surface area contributed by atoms with Crippen molar-refractivity contribution in [3.05, 3.63) is 103 Å². The zero-order valence-corrected chi connectivity index (χ0v) is 26.2. The number of sulfonamides is 1. The molecular formula is C32H27FN4O4S3. The highest BCUT2D eigenvalue weighted by Crippen LogP contribution is 2.38. The second-order valence-electron chi connectivity index (χ2n) is 10.8. The minimum atomic E-state index is -4.22. The number of aromatic nitrogens is 3. The number of thiophene rings is 1. The van der Waals surface area contributed by atoms with Crippen molar-refractivity contribution in [2.75, 3.05) is 0 Å². The van der Waals surface area contributed by atoms with Crippen molar-refractivity contribution >= 4 is 38.7 Å². The van der Waals surface area contributed by atoms with Gasteiger partial charge >= 0.3 is 5.97 Å². The topological polar surface area (TPSA) is 128 Å². The number of thiazole rings is 1. The van der Waals surface area contributed by atoms with E-state index in [2.05, 4.69) is 29.8 Å². The van der Waals surface area contributed by atoms with Gasteiger partial charge in [-0.1, -0.05) is 30.0 Å². The van der Waals surface area contributed by atoms with Crippen LogP contribution < -0.4 is 5.14 Å². The summed E-state index contributed by atoms with van der Waals surface area (Å²) in [4.78, 5) is 17.7. The van der Waals surface area contributed by atoms with Crippen LogP contribution in [0.25, 0.3) is 16.4 Å². The Morgan fingerprint density at radius 3 is 2.59 bits per heavy atom. The number of rotatable bonds is 8. The number of nitrogens with two attached hydrogens (primary N) is 1. The van der Waals surface area contributed by atoms with Crippen LogP contribution in [0.15, 0.2) is 58.8 Å². The van der Waals surface area contributed by atoms with Crippen LogP contribution in [0.5, 0.6) is 0 Å². The van der Waals surface area contributed by atoms with Gasteiger partial charge in [0.15, 0.2) is 5.69 Å². The third-order valence-electron chi connectivity index (χ3n) is 7.36. The van der Waals surface area contributed by atoms with Crippen LogP contribution in [0.4, 0.5) is 4.39 Å². The Balaban J connectivity index is 1.49. The Kier molecular flexibility index (Phi) is 7.98. The van der Waals surface area contributed by atoms with Crippen LogP contribution in [-0.2, 0) is 22.9 Å². The molecule has 1 aliphatic rings. The first kappa shape index (κ1) is 29.9. The first-order chi connectivity index (χ1) is 21.0. The maximum atomic E-state index is 14.9. The molecule has 0 spiro atoms. The van der Waals surface area contributed by atoms with Crippen molar-refractivity contribution in [3.63, 3.8) is 0 Å². The fraction of sp³-hybridized carbons (Fsp3) is 0.219. The van der Waals surface area contributed by atoms with Gasteiger partial charge in [-0.3, -0.25) is 0 Å². The fourth-order valence-corrected chi connectivity index (χ4v) is 7.29. The van der Waals surface area contributed by atoms with Crippen LogP contribution in [-0.4, -0.2) is 34.3 Å². The molecule has 8 nitrogen and oxygen atoms in total. The van der Waals surface area contributed by atoms with E-state index in [-0.39, 0.29) is 12.1 Å². The SMILES string of the molecule is Cc1cc(C#Cc2cccc(-c3nn(-c4nc(C(=O)O)cs4)c(CC4CC4)c3Cc3ccc(S(N)(=O)=O)c(F)c3)c2)c(C)s1. The lowest BCUT2D eigenvalue weighted by Gasteiger charge is -2.10. The van der Waals surface area contributed by atoms with Crippen molar-refractivity contribution in [1.82, 2.24) is 14.8 Å². The summed E-state index contributed by atoms with van der Waals surface area (Å²) in [5, 5.41) is 21.6. The standard InChI is InChI=1S/C32H27FN4O4S3/c1-18-12-23(19(2)43-18)10-8-20-4-3-5-24(13-20)30-25(14-22-9-11-29(26(33)15-22)44(34,40)41)28(16-21-6-7-21)37(36-30)32-35-27(17-42-32)31(38)39/h3-5,9,11-13,15,17,21H,6-7,14,16H2,1-2H3,(H,38,39)(H2,34,40,41). The molecule has 0 unspecified atom stereocenters.